The van der Waals surface area contributed by atoms with E-state index in [9.17, 15) is 14.4 Å². The molecule has 0 unspecified atom stereocenters. The number of hydrogen-bond donors (Lipinski definition) is 3. The van der Waals surface area contributed by atoms with E-state index in [-0.39, 0.29) is 5.91 Å². The predicted octanol–water partition coefficient (Wildman–Crippen LogP) is 4.36. The molecule has 0 aromatic heterocycles. The van der Waals surface area contributed by atoms with Gasteiger partial charge in [-0.05, 0) is 73.0 Å². The second kappa shape index (κ2) is 10.9. The molecule has 0 saturated carbocycles. The largest absolute Gasteiger partial charge is 0.493 e. The van der Waals surface area contributed by atoms with Crippen LogP contribution in [0.25, 0.3) is 0 Å². The number of anilines is 1. The number of carbonyl (C=O) groups excluding carboxylic acids is 3. The molecule has 0 fully saturated rings. The molecule has 0 aliphatic carbocycles. The van der Waals surface area contributed by atoms with Gasteiger partial charge in [0, 0.05) is 22.4 Å². The van der Waals surface area contributed by atoms with Crippen molar-refractivity contribution in [1.82, 2.24) is 10.9 Å². The molecule has 0 radical (unpaired) electrons. The summed E-state index contributed by atoms with van der Waals surface area (Å²) < 4.78 is 5.60. The lowest BCUT2D eigenvalue weighted by atomic mass is 10.1. The maximum atomic E-state index is 12.4. The summed E-state index contributed by atoms with van der Waals surface area (Å²) in [5.41, 5.74) is 7.52. The summed E-state index contributed by atoms with van der Waals surface area (Å²) in [4.78, 5) is 37.0. The highest BCUT2D eigenvalue weighted by molar-refractivity contribution is 6.05. The van der Waals surface area contributed by atoms with E-state index in [4.69, 9.17) is 4.74 Å². The fraction of sp³-hybridized carbons (Fsp3) is 0.192. The second-order valence-corrected chi connectivity index (χ2v) is 7.98. The third-order valence-electron chi connectivity index (χ3n) is 4.78. The van der Waals surface area contributed by atoms with Gasteiger partial charge < -0.3 is 10.1 Å². The standard InChI is InChI=1S/C26H27N3O4/c1-17(2)16-33-22-14-10-20(11-15-22)25(31)29-28-24(30)19-8-12-21(13-9-19)27-26(32)23-7-5-4-6-18(23)3/h4-15,17H,16H2,1-3H3,(H,27,32)(H,28,30)(H,29,31). The van der Waals surface area contributed by atoms with E-state index < -0.39 is 11.8 Å². The zero-order valence-electron chi connectivity index (χ0n) is 18.8. The van der Waals surface area contributed by atoms with E-state index in [2.05, 4.69) is 30.0 Å². The smallest absolute Gasteiger partial charge is 0.269 e. The fourth-order valence-corrected chi connectivity index (χ4v) is 2.95. The van der Waals surface area contributed by atoms with Gasteiger partial charge in [-0.2, -0.15) is 0 Å². The average Bonchev–Trinajstić information content (AvgIpc) is 2.82. The van der Waals surface area contributed by atoms with Crippen LogP contribution in [0.1, 0.15) is 50.5 Å². The molecule has 0 aliphatic rings. The van der Waals surface area contributed by atoms with Crippen molar-refractivity contribution in [3.05, 3.63) is 95.1 Å². The summed E-state index contributed by atoms with van der Waals surface area (Å²) in [6, 6.07) is 20.4. The number of ether oxygens (including phenoxy) is 1. The number of aryl methyl sites for hydroxylation is 1. The normalized spacial score (nSPS) is 10.4. The summed E-state index contributed by atoms with van der Waals surface area (Å²) in [6.07, 6.45) is 0. The number of hydrogen-bond acceptors (Lipinski definition) is 4. The highest BCUT2D eigenvalue weighted by Crippen LogP contribution is 2.15. The highest BCUT2D eigenvalue weighted by Gasteiger charge is 2.11. The van der Waals surface area contributed by atoms with Gasteiger partial charge in [-0.25, -0.2) is 0 Å². The molecule has 170 valence electrons. The summed E-state index contributed by atoms with van der Waals surface area (Å²) in [7, 11) is 0. The van der Waals surface area contributed by atoms with Crippen LogP contribution in [0.2, 0.25) is 0 Å². The average molecular weight is 446 g/mol. The first-order valence-electron chi connectivity index (χ1n) is 10.6. The summed E-state index contributed by atoms with van der Waals surface area (Å²) in [6.45, 7) is 6.57. The third kappa shape index (κ3) is 6.67. The van der Waals surface area contributed by atoms with Gasteiger partial charge in [0.25, 0.3) is 17.7 Å². The summed E-state index contributed by atoms with van der Waals surface area (Å²) >= 11 is 0. The Hall–Kier alpha value is -4.13. The van der Waals surface area contributed by atoms with E-state index in [1.54, 1.807) is 60.7 Å². The Kier molecular flexibility index (Phi) is 7.81. The van der Waals surface area contributed by atoms with Crippen molar-refractivity contribution in [2.75, 3.05) is 11.9 Å². The Balaban J connectivity index is 1.51. The molecular formula is C26H27N3O4. The van der Waals surface area contributed by atoms with Gasteiger partial charge in [0.05, 0.1) is 6.61 Å². The van der Waals surface area contributed by atoms with Crippen LogP contribution in [0.3, 0.4) is 0 Å². The molecule has 0 spiro atoms. The Morgan fingerprint density at radius 2 is 1.30 bits per heavy atom. The minimum atomic E-state index is -0.475. The van der Waals surface area contributed by atoms with Crippen LogP contribution < -0.4 is 20.9 Å². The van der Waals surface area contributed by atoms with Gasteiger partial charge >= 0.3 is 0 Å². The Morgan fingerprint density at radius 3 is 1.85 bits per heavy atom. The lowest BCUT2D eigenvalue weighted by Gasteiger charge is -2.11. The summed E-state index contributed by atoms with van der Waals surface area (Å²) in [5, 5.41) is 2.81. The van der Waals surface area contributed by atoms with E-state index in [1.165, 1.54) is 0 Å². The lowest BCUT2D eigenvalue weighted by Crippen LogP contribution is -2.41. The van der Waals surface area contributed by atoms with Gasteiger partial charge in [0.15, 0.2) is 0 Å². The van der Waals surface area contributed by atoms with Crippen molar-refractivity contribution in [2.24, 2.45) is 5.92 Å². The van der Waals surface area contributed by atoms with Crippen LogP contribution in [0.5, 0.6) is 5.75 Å². The van der Waals surface area contributed by atoms with Crippen LogP contribution in [-0.4, -0.2) is 24.3 Å². The summed E-state index contributed by atoms with van der Waals surface area (Å²) in [5.74, 6) is -0.0587. The highest BCUT2D eigenvalue weighted by atomic mass is 16.5. The number of hydrazine groups is 1. The fourth-order valence-electron chi connectivity index (χ4n) is 2.95. The third-order valence-corrected chi connectivity index (χ3v) is 4.78. The van der Waals surface area contributed by atoms with Crippen molar-refractivity contribution in [3.63, 3.8) is 0 Å². The molecule has 0 heterocycles. The van der Waals surface area contributed by atoms with Crippen molar-refractivity contribution in [2.45, 2.75) is 20.8 Å². The molecule has 33 heavy (non-hydrogen) atoms. The molecule has 3 N–H and O–H groups in total. The monoisotopic (exact) mass is 445 g/mol. The maximum Gasteiger partial charge on any atom is 0.269 e. The van der Waals surface area contributed by atoms with Gasteiger partial charge in [-0.3, -0.25) is 25.2 Å². The molecule has 7 nitrogen and oxygen atoms in total. The second-order valence-electron chi connectivity index (χ2n) is 7.98. The van der Waals surface area contributed by atoms with Crippen LogP contribution >= 0.6 is 0 Å². The SMILES string of the molecule is Cc1ccccc1C(=O)Nc1ccc(C(=O)NNC(=O)c2ccc(OCC(C)C)cc2)cc1. The molecule has 3 aromatic carbocycles. The van der Waals surface area contributed by atoms with Crippen molar-refractivity contribution >= 4 is 23.4 Å². The van der Waals surface area contributed by atoms with Gasteiger partial charge in [-0.15, -0.1) is 0 Å². The van der Waals surface area contributed by atoms with E-state index in [1.807, 2.05) is 19.1 Å². The molecule has 0 aliphatic heterocycles. The van der Waals surface area contributed by atoms with Gasteiger partial charge in [-0.1, -0.05) is 32.0 Å². The first-order valence-corrected chi connectivity index (χ1v) is 10.6. The predicted molar refractivity (Wildman–Crippen MR) is 127 cm³/mol. The van der Waals surface area contributed by atoms with E-state index in [0.29, 0.717) is 40.7 Å². The Labute approximate surface area is 193 Å². The maximum absolute atomic E-state index is 12.4. The number of rotatable bonds is 7. The minimum Gasteiger partial charge on any atom is -0.493 e. The first kappa shape index (κ1) is 23.5. The van der Waals surface area contributed by atoms with Crippen molar-refractivity contribution in [3.8, 4) is 5.75 Å². The minimum absolute atomic E-state index is 0.224. The molecule has 0 bridgehead atoms. The molecule has 3 aromatic rings. The molecule has 3 rings (SSSR count). The molecule has 0 atom stereocenters. The zero-order valence-corrected chi connectivity index (χ0v) is 18.8. The zero-order chi connectivity index (χ0) is 23.8. The van der Waals surface area contributed by atoms with E-state index >= 15 is 0 Å². The number of nitrogens with one attached hydrogen (secondary N) is 3. The quantitative estimate of drug-likeness (QED) is 0.471. The van der Waals surface area contributed by atoms with E-state index in [0.717, 1.165) is 5.56 Å². The van der Waals surface area contributed by atoms with Crippen LogP contribution in [-0.2, 0) is 0 Å². The number of carbonyl (C=O) groups is 3. The lowest BCUT2D eigenvalue weighted by molar-refractivity contribution is 0.0846. The van der Waals surface area contributed by atoms with Crippen LogP contribution in [0, 0.1) is 12.8 Å². The van der Waals surface area contributed by atoms with Crippen LogP contribution in [0.4, 0.5) is 5.69 Å². The van der Waals surface area contributed by atoms with Crippen LogP contribution in [0.15, 0.2) is 72.8 Å². The van der Waals surface area contributed by atoms with Crippen molar-refractivity contribution < 1.29 is 19.1 Å². The topological polar surface area (TPSA) is 96.5 Å². The van der Waals surface area contributed by atoms with Gasteiger partial charge in [0.1, 0.15) is 5.75 Å². The molecule has 3 amide bonds. The Morgan fingerprint density at radius 1 is 0.758 bits per heavy atom. The molecule has 7 heteroatoms. The van der Waals surface area contributed by atoms with Gasteiger partial charge in [0.2, 0.25) is 0 Å². The number of benzene rings is 3. The molecule has 0 saturated heterocycles. The first-order chi connectivity index (χ1) is 15.8. The molecular weight excluding hydrogens is 418 g/mol. The Bertz CT molecular complexity index is 1120. The van der Waals surface area contributed by atoms with Crippen molar-refractivity contribution in [1.29, 1.82) is 0 Å². The number of amides is 3.